The molecule has 1 saturated heterocycles. The summed E-state index contributed by atoms with van der Waals surface area (Å²) >= 11 is 12.5. The Balaban J connectivity index is 2.03. The third-order valence-corrected chi connectivity index (χ3v) is 5.23. The van der Waals surface area contributed by atoms with Crippen LogP contribution in [0.5, 0.6) is 0 Å². The van der Waals surface area contributed by atoms with Crippen LogP contribution >= 0.6 is 23.2 Å². The summed E-state index contributed by atoms with van der Waals surface area (Å²) in [6.07, 6.45) is -0.221. The zero-order valence-corrected chi connectivity index (χ0v) is 16.7. The predicted molar refractivity (Wildman–Crippen MR) is 101 cm³/mol. The Morgan fingerprint density at radius 3 is 2.43 bits per heavy atom. The minimum absolute atomic E-state index is 0.00540. The van der Waals surface area contributed by atoms with Crippen LogP contribution in [0.25, 0.3) is 5.70 Å². The Labute approximate surface area is 171 Å². The zero-order valence-electron chi connectivity index (χ0n) is 15.1. The van der Waals surface area contributed by atoms with Crippen molar-refractivity contribution in [2.24, 2.45) is 0 Å². The summed E-state index contributed by atoms with van der Waals surface area (Å²) in [5.41, 5.74) is 0.437. The minimum atomic E-state index is -0.960. The maximum atomic E-state index is 13.1. The van der Waals surface area contributed by atoms with E-state index in [-0.39, 0.29) is 40.0 Å². The Kier molecular flexibility index (Phi) is 5.74. The van der Waals surface area contributed by atoms with E-state index in [1.165, 1.54) is 4.90 Å². The third-order valence-electron chi connectivity index (χ3n) is 4.60. The number of piperazine rings is 1. The van der Waals surface area contributed by atoms with E-state index in [0.717, 1.165) is 9.96 Å². The first kappa shape index (κ1) is 20.3. The van der Waals surface area contributed by atoms with Crippen LogP contribution in [-0.4, -0.2) is 64.7 Å². The molecule has 1 unspecified atom stereocenters. The number of nitrogens with zero attached hydrogens (tertiary/aromatic N) is 3. The molecule has 2 aliphatic rings. The SMILES string of the molecule is CCN1CCN(C(=O)N2OC(C)C(C=O)=C2c2c(Cl)cccc2Cl)C(=O)C1=O. The standard InChI is InChI=1S/C18H17Cl2N3O5/c1-3-21-7-8-22(17(26)16(21)25)18(27)23-15(11(9-24)10(2)28-23)14-12(19)5-4-6-13(14)20/h4-6,9-10H,3,7-8H2,1-2H3. The highest BCUT2D eigenvalue weighted by Crippen LogP contribution is 2.40. The van der Waals surface area contributed by atoms with Gasteiger partial charge < -0.3 is 4.90 Å². The lowest BCUT2D eigenvalue weighted by Gasteiger charge is -2.34. The fraction of sp³-hybridized carbons (Fsp3) is 0.333. The molecule has 3 rings (SSSR count). The zero-order chi connectivity index (χ0) is 20.6. The lowest BCUT2D eigenvalue weighted by atomic mass is 10.0. The summed E-state index contributed by atoms with van der Waals surface area (Å²) in [6, 6.07) is 3.84. The van der Waals surface area contributed by atoms with E-state index < -0.39 is 23.9 Å². The highest BCUT2D eigenvalue weighted by atomic mass is 35.5. The molecule has 1 atom stereocenters. The minimum Gasteiger partial charge on any atom is -0.333 e. The second-order valence-electron chi connectivity index (χ2n) is 6.18. The van der Waals surface area contributed by atoms with Crippen LogP contribution in [0.1, 0.15) is 19.4 Å². The van der Waals surface area contributed by atoms with Crippen molar-refractivity contribution in [3.05, 3.63) is 39.4 Å². The second kappa shape index (κ2) is 7.90. The van der Waals surface area contributed by atoms with E-state index in [1.807, 2.05) is 0 Å². The molecule has 1 aromatic rings. The summed E-state index contributed by atoms with van der Waals surface area (Å²) in [5, 5.41) is 1.22. The molecule has 10 heteroatoms. The number of rotatable bonds is 3. The van der Waals surface area contributed by atoms with Crippen molar-refractivity contribution < 1.29 is 24.0 Å². The number of amides is 4. The molecule has 0 aromatic heterocycles. The Morgan fingerprint density at radius 1 is 1.21 bits per heavy atom. The van der Waals surface area contributed by atoms with Crippen LogP contribution in [0.2, 0.25) is 10.0 Å². The van der Waals surface area contributed by atoms with E-state index in [2.05, 4.69) is 0 Å². The van der Waals surface area contributed by atoms with E-state index >= 15 is 0 Å². The first-order valence-electron chi connectivity index (χ1n) is 8.57. The fourth-order valence-corrected chi connectivity index (χ4v) is 3.68. The molecule has 0 saturated carbocycles. The van der Waals surface area contributed by atoms with Crippen molar-refractivity contribution in [3.63, 3.8) is 0 Å². The average Bonchev–Trinajstić information content (AvgIpc) is 2.99. The number of likely N-dealkylation sites (N-methyl/N-ethyl adjacent to an activating group) is 1. The number of halogens is 2. The highest BCUT2D eigenvalue weighted by molar-refractivity contribution is 6.39. The van der Waals surface area contributed by atoms with Gasteiger partial charge in [-0.25, -0.2) is 4.79 Å². The molecule has 2 aliphatic heterocycles. The van der Waals surface area contributed by atoms with Crippen molar-refractivity contribution in [2.75, 3.05) is 19.6 Å². The number of carbonyl (C=O) groups is 4. The van der Waals surface area contributed by atoms with E-state index in [9.17, 15) is 19.2 Å². The molecule has 28 heavy (non-hydrogen) atoms. The summed E-state index contributed by atoms with van der Waals surface area (Å²) in [5.74, 6) is -1.73. The maximum Gasteiger partial charge on any atom is 0.355 e. The van der Waals surface area contributed by atoms with Crippen molar-refractivity contribution in [2.45, 2.75) is 20.0 Å². The molecule has 148 valence electrons. The first-order chi connectivity index (χ1) is 13.3. The molecular weight excluding hydrogens is 409 g/mol. The van der Waals surface area contributed by atoms with Gasteiger partial charge in [0.15, 0.2) is 6.29 Å². The van der Waals surface area contributed by atoms with Gasteiger partial charge in [-0.1, -0.05) is 29.3 Å². The molecule has 0 N–H and O–H groups in total. The number of imide groups is 1. The summed E-state index contributed by atoms with van der Waals surface area (Å²) < 4.78 is 0. The molecule has 1 fully saturated rings. The number of hydroxylamine groups is 2. The molecule has 1 aromatic carbocycles. The van der Waals surface area contributed by atoms with Gasteiger partial charge in [0, 0.05) is 25.2 Å². The summed E-state index contributed by atoms with van der Waals surface area (Å²) in [6.45, 7) is 3.89. The van der Waals surface area contributed by atoms with Gasteiger partial charge in [-0.15, -0.1) is 0 Å². The topological polar surface area (TPSA) is 87.2 Å². The van der Waals surface area contributed by atoms with Gasteiger partial charge in [-0.05, 0) is 26.0 Å². The average molecular weight is 426 g/mol. The van der Waals surface area contributed by atoms with Gasteiger partial charge in [0.05, 0.1) is 21.3 Å². The number of hydrogen-bond acceptors (Lipinski definition) is 5. The Hall–Kier alpha value is -2.42. The van der Waals surface area contributed by atoms with Gasteiger partial charge in [0.2, 0.25) is 0 Å². The lowest BCUT2D eigenvalue weighted by Crippen LogP contribution is -2.58. The van der Waals surface area contributed by atoms with Gasteiger partial charge in [0.1, 0.15) is 6.10 Å². The van der Waals surface area contributed by atoms with Crippen LogP contribution in [0, 0.1) is 0 Å². The van der Waals surface area contributed by atoms with Gasteiger partial charge >= 0.3 is 17.8 Å². The molecule has 4 amide bonds. The molecule has 0 spiro atoms. The van der Waals surface area contributed by atoms with Crippen molar-refractivity contribution in [3.8, 4) is 0 Å². The Bertz CT molecular complexity index is 881. The van der Waals surface area contributed by atoms with E-state index in [0.29, 0.717) is 12.8 Å². The second-order valence-corrected chi connectivity index (χ2v) is 7.00. The van der Waals surface area contributed by atoms with E-state index in [1.54, 1.807) is 32.0 Å². The van der Waals surface area contributed by atoms with Crippen molar-refractivity contribution in [1.29, 1.82) is 0 Å². The van der Waals surface area contributed by atoms with Crippen molar-refractivity contribution in [1.82, 2.24) is 14.9 Å². The van der Waals surface area contributed by atoms with Gasteiger partial charge in [-0.3, -0.25) is 24.1 Å². The number of urea groups is 1. The summed E-state index contributed by atoms with van der Waals surface area (Å²) in [4.78, 5) is 56.9. The smallest absolute Gasteiger partial charge is 0.333 e. The monoisotopic (exact) mass is 425 g/mol. The van der Waals surface area contributed by atoms with Crippen LogP contribution in [-0.2, 0) is 19.2 Å². The normalized spacial score (nSPS) is 20.3. The summed E-state index contributed by atoms with van der Waals surface area (Å²) in [7, 11) is 0. The van der Waals surface area contributed by atoms with Crippen LogP contribution in [0.15, 0.2) is 23.8 Å². The predicted octanol–water partition coefficient (Wildman–Crippen LogP) is 2.35. The molecule has 0 aliphatic carbocycles. The number of carbonyl (C=O) groups excluding carboxylic acids is 4. The number of hydrogen-bond donors (Lipinski definition) is 0. The highest BCUT2D eigenvalue weighted by Gasteiger charge is 2.43. The molecule has 8 nitrogen and oxygen atoms in total. The van der Waals surface area contributed by atoms with Gasteiger partial charge in [0.25, 0.3) is 0 Å². The fourth-order valence-electron chi connectivity index (χ4n) is 3.11. The molecular formula is C18H17Cl2N3O5. The maximum absolute atomic E-state index is 13.1. The molecule has 2 heterocycles. The number of benzene rings is 1. The molecule has 0 radical (unpaired) electrons. The quantitative estimate of drug-likeness (QED) is 0.547. The lowest BCUT2D eigenvalue weighted by molar-refractivity contribution is -0.156. The molecule has 0 bridgehead atoms. The van der Waals surface area contributed by atoms with E-state index in [4.69, 9.17) is 28.0 Å². The Morgan fingerprint density at radius 2 is 1.86 bits per heavy atom. The van der Waals surface area contributed by atoms with Crippen LogP contribution in [0.3, 0.4) is 0 Å². The van der Waals surface area contributed by atoms with Gasteiger partial charge in [-0.2, -0.15) is 5.06 Å². The largest absolute Gasteiger partial charge is 0.355 e. The van der Waals surface area contributed by atoms with Crippen molar-refractivity contribution >= 4 is 53.0 Å². The first-order valence-corrected chi connectivity index (χ1v) is 9.32. The van der Waals surface area contributed by atoms with Crippen LogP contribution in [0.4, 0.5) is 4.79 Å². The third kappa shape index (κ3) is 3.28. The van der Waals surface area contributed by atoms with Crippen LogP contribution < -0.4 is 0 Å². The number of aldehydes is 1.